The summed E-state index contributed by atoms with van der Waals surface area (Å²) in [5.74, 6) is 0. The topological polar surface area (TPSA) is 98.3 Å². The minimum Gasteiger partial charge on any atom is -0.399 e. The van der Waals surface area contributed by atoms with Gasteiger partial charge in [-0.15, -0.1) is 0 Å². The summed E-state index contributed by atoms with van der Waals surface area (Å²) in [6.45, 7) is 8.38. The predicted octanol–water partition coefficient (Wildman–Crippen LogP) is 4.65. The first-order valence-corrected chi connectivity index (χ1v) is 7.92. The van der Waals surface area contributed by atoms with Gasteiger partial charge >= 0.3 is 0 Å². The first-order chi connectivity index (χ1) is 11.6. The molecule has 24 heavy (non-hydrogen) atoms. The second-order valence-corrected chi connectivity index (χ2v) is 4.25. The van der Waals surface area contributed by atoms with Crippen LogP contribution < -0.4 is 11.1 Å². The van der Waals surface area contributed by atoms with Crippen molar-refractivity contribution in [2.75, 3.05) is 11.1 Å². The van der Waals surface area contributed by atoms with Crippen LogP contribution in [0.3, 0.4) is 0 Å². The van der Waals surface area contributed by atoms with Gasteiger partial charge in [0, 0.05) is 23.9 Å². The fourth-order valence-electron chi connectivity index (χ4n) is 1.82. The molecule has 0 aliphatic heterocycles. The molecule has 0 spiro atoms. The maximum absolute atomic E-state index is 10.9. The van der Waals surface area contributed by atoms with E-state index >= 15 is 0 Å². The summed E-state index contributed by atoms with van der Waals surface area (Å²) < 4.78 is 0. The van der Waals surface area contributed by atoms with E-state index in [0.29, 0.717) is 23.5 Å². The molecule has 0 heterocycles. The quantitative estimate of drug-likeness (QED) is 0.359. The van der Waals surface area contributed by atoms with E-state index in [0.717, 1.165) is 11.8 Å². The van der Waals surface area contributed by atoms with Crippen molar-refractivity contribution in [3.8, 4) is 0 Å². The number of aldehydes is 1. The van der Waals surface area contributed by atoms with Crippen molar-refractivity contribution in [3.63, 3.8) is 0 Å². The van der Waals surface area contributed by atoms with E-state index in [9.17, 15) is 14.9 Å². The Labute approximate surface area is 142 Å². The highest BCUT2D eigenvalue weighted by Gasteiger charge is 2.13. The number of nitro groups is 1. The predicted molar refractivity (Wildman–Crippen MR) is 99.4 cm³/mol. The van der Waals surface area contributed by atoms with E-state index in [4.69, 9.17) is 5.73 Å². The van der Waals surface area contributed by atoms with Crippen molar-refractivity contribution in [1.82, 2.24) is 0 Å². The largest absolute Gasteiger partial charge is 0.399 e. The highest BCUT2D eigenvalue weighted by molar-refractivity contribution is 5.75. The molecule has 0 aromatic heterocycles. The lowest BCUT2D eigenvalue weighted by molar-refractivity contribution is -0.383. The molecule has 0 aliphatic carbocycles. The minimum absolute atomic E-state index is 0.0726. The summed E-state index contributed by atoms with van der Waals surface area (Å²) in [5.41, 5.74) is 7.62. The average Bonchev–Trinajstić information content (AvgIpc) is 2.64. The van der Waals surface area contributed by atoms with Crippen LogP contribution in [0.2, 0.25) is 0 Å². The Morgan fingerprint density at radius 3 is 2.38 bits per heavy atom. The van der Waals surface area contributed by atoms with Crippen molar-refractivity contribution in [3.05, 3.63) is 63.7 Å². The zero-order valence-corrected chi connectivity index (χ0v) is 14.6. The molecule has 2 aromatic rings. The van der Waals surface area contributed by atoms with Gasteiger partial charge in [0.2, 0.25) is 0 Å². The van der Waals surface area contributed by atoms with Crippen molar-refractivity contribution in [2.24, 2.45) is 0 Å². The number of hydrogen-bond acceptors (Lipinski definition) is 5. The second-order valence-electron chi connectivity index (χ2n) is 4.25. The van der Waals surface area contributed by atoms with Crippen LogP contribution in [0.15, 0.2) is 42.5 Å². The van der Waals surface area contributed by atoms with Crippen molar-refractivity contribution in [2.45, 2.75) is 34.2 Å². The van der Waals surface area contributed by atoms with Gasteiger partial charge in [-0.05, 0) is 23.8 Å². The highest BCUT2D eigenvalue weighted by atomic mass is 16.6. The number of nitrogens with one attached hydrogen (secondary N) is 1. The first-order valence-electron chi connectivity index (χ1n) is 7.92. The molecule has 0 unspecified atom stereocenters. The third-order valence-corrected chi connectivity index (χ3v) is 2.79. The number of nitro benzene ring substituents is 1. The number of benzene rings is 2. The number of nitrogen functional groups attached to an aromatic ring is 1. The number of rotatable bonds is 5. The number of carbonyl (C=O) groups is 1. The van der Waals surface area contributed by atoms with E-state index in [2.05, 4.69) is 5.32 Å². The van der Waals surface area contributed by atoms with Gasteiger partial charge in [-0.1, -0.05) is 45.9 Å². The van der Waals surface area contributed by atoms with Crippen molar-refractivity contribution < 1.29 is 9.72 Å². The summed E-state index contributed by atoms with van der Waals surface area (Å²) in [6.07, 6.45) is 0.759. The molecular weight excluding hydrogens is 306 g/mol. The summed E-state index contributed by atoms with van der Waals surface area (Å²) in [6, 6.07) is 11.5. The normalized spacial score (nSPS) is 8.83. The monoisotopic (exact) mass is 331 g/mol. The molecule has 6 heteroatoms. The lowest BCUT2D eigenvalue weighted by Gasteiger charge is -2.08. The van der Waals surface area contributed by atoms with E-state index < -0.39 is 4.92 Å². The Kier molecular flexibility index (Phi) is 10.2. The molecule has 0 fully saturated rings. The molecular formula is C18H25N3O3. The van der Waals surface area contributed by atoms with Crippen LogP contribution in [0.1, 0.15) is 43.6 Å². The molecule has 0 radical (unpaired) electrons. The zero-order chi connectivity index (χ0) is 18.5. The number of carbonyl (C=O) groups excluding carboxylic acids is 1. The number of nitrogens with zero attached hydrogens (tertiary/aromatic N) is 1. The Balaban J connectivity index is 0.00000123. The Bertz CT molecular complexity index is 658. The number of hydrogen-bond donors (Lipinski definition) is 2. The minimum atomic E-state index is -0.486. The molecule has 0 saturated carbocycles. The fraction of sp³-hybridized carbons (Fsp3) is 0.278. The third kappa shape index (κ3) is 6.48. The maximum Gasteiger partial charge on any atom is 0.294 e. The van der Waals surface area contributed by atoms with E-state index in [1.165, 1.54) is 6.07 Å². The van der Waals surface area contributed by atoms with Gasteiger partial charge in [0.25, 0.3) is 5.69 Å². The average molecular weight is 331 g/mol. The van der Waals surface area contributed by atoms with Crippen LogP contribution in [0.25, 0.3) is 0 Å². The van der Waals surface area contributed by atoms with Crippen molar-refractivity contribution in [1.29, 1.82) is 0 Å². The van der Waals surface area contributed by atoms with Gasteiger partial charge in [0.1, 0.15) is 12.0 Å². The number of nitrogens with two attached hydrogens (primary N) is 1. The number of anilines is 2. The third-order valence-electron chi connectivity index (χ3n) is 2.79. The van der Waals surface area contributed by atoms with Crippen LogP contribution in [-0.2, 0) is 6.54 Å². The molecule has 2 aromatic carbocycles. The summed E-state index contributed by atoms with van der Waals surface area (Å²) in [5, 5.41) is 13.9. The molecule has 0 saturated heterocycles. The smallest absolute Gasteiger partial charge is 0.294 e. The molecule has 3 N–H and O–H groups in total. The Morgan fingerprint density at radius 1 is 1.12 bits per heavy atom. The van der Waals surface area contributed by atoms with Crippen LogP contribution >= 0.6 is 0 Å². The highest BCUT2D eigenvalue weighted by Crippen LogP contribution is 2.27. The summed E-state index contributed by atoms with van der Waals surface area (Å²) >= 11 is 0. The van der Waals surface area contributed by atoms with Crippen molar-refractivity contribution >= 4 is 23.3 Å². The first kappa shape index (κ1) is 21.1. The van der Waals surface area contributed by atoms with E-state index in [1.54, 1.807) is 30.3 Å². The van der Waals surface area contributed by atoms with Gasteiger partial charge in [-0.25, -0.2) is 0 Å². The van der Waals surface area contributed by atoms with Crippen LogP contribution in [-0.4, -0.2) is 11.2 Å². The summed E-state index contributed by atoms with van der Waals surface area (Å²) in [7, 11) is 0. The molecule has 2 rings (SSSR count). The molecule has 6 nitrogen and oxygen atoms in total. The van der Waals surface area contributed by atoms with Gasteiger partial charge in [-0.2, -0.15) is 0 Å². The second kappa shape index (κ2) is 11.6. The zero-order valence-electron chi connectivity index (χ0n) is 14.6. The standard InChI is InChI=1S/C14H13N3O3.2C2H6/c15-12-4-5-13(14(7-12)17(19)20)16-8-10-2-1-3-11(6-10)9-18;2*1-2/h1-7,9,16H,8,15H2;2*1-2H3. The molecule has 130 valence electrons. The Morgan fingerprint density at radius 2 is 1.79 bits per heavy atom. The summed E-state index contributed by atoms with van der Waals surface area (Å²) in [4.78, 5) is 21.2. The van der Waals surface area contributed by atoms with E-state index in [-0.39, 0.29) is 5.69 Å². The molecule has 0 amide bonds. The molecule has 0 atom stereocenters. The van der Waals surface area contributed by atoms with Gasteiger partial charge in [0.05, 0.1) is 4.92 Å². The van der Waals surface area contributed by atoms with Gasteiger partial charge in [0.15, 0.2) is 0 Å². The Hall–Kier alpha value is -2.89. The molecule has 0 aliphatic rings. The molecule has 0 bridgehead atoms. The SMILES string of the molecule is CC.CC.Nc1ccc(NCc2cccc(C=O)c2)c([N+](=O)[O-])c1. The van der Waals surface area contributed by atoms with E-state index in [1.807, 2.05) is 33.8 Å². The lowest BCUT2D eigenvalue weighted by atomic mass is 10.1. The van der Waals surface area contributed by atoms with Gasteiger partial charge < -0.3 is 11.1 Å². The van der Waals surface area contributed by atoms with Crippen LogP contribution in [0, 0.1) is 10.1 Å². The van der Waals surface area contributed by atoms with Crippen LogP contribution in [0.4, 0.5) is 17.1 Å². The lowest BCUT2D eigenvalue weighted by Crippen LogP contribution is -2.03. The fourth-order valence-corrected chi connectivity index (χ4v) is 1.82. The van der Waals surface area contributed by atoms with Crippen LogP contribution in [0.5, 0.6) is 0 Å². The van der Waals surface area contributed by atoms with Gasteiger partial charge in [-0.3, -0.25) is 14.9 Å². The maximum atomic E-state index is 10.9.